The number of piperidine rings is 1. The molecule has 0 amide bonds. The Labute approximate surface area is 106 Å². The number of hydrogen-bond acceptors (Lipinski definition) is 4. The minimum absolute atomic E-state index is 0.241. The van der Waals surface area contributed by atoms with Gasteiger partial charge < -0.3 is 9.21 Å². The number of para-hydroxylation sites is 2. The Morgan fingerprint density at radius 2 is 2.11 bits per heavy atom. The molecule has 2 aromatic rings. The Morgan fingerprint density at radius 3 is 2.83 bits per heavy atom. The van der Waals surface area contributed by atoms with Crippen molar-refractivity contribution in [1.29, 1.82) is 0 Å². The van der Waals surface area contributed by atoms with E-state index >= 15 is 0 Å². The van der Waals surface area contributed by atoms with Crippen molar-refractivity contribution in [2.75, 3.05) is 13.1 Å². The van der Waals surface area contributed by atoms with Crippen LogP contribution in [0.1, 0.15) is 18.7 Å². The van der Waals surface area contributed by atoms with Gasteiger partial charge in [0.25, 0.3) is 0 Å². The average Bonchev–Trinajstić information content (AvgIpc) is 2.82. The number of oxazole rings is 1. The molecule has 3 rings (SSSR count). The van der Waals surface area contributed by atoms with E-state index in [1.807, 2.05) is 24.3 Å². The fraction of sp³-hybridized carbons (Fsp3) is 0.429. The van der Waals surface area contributed by atoms with E-state index in [2.05, 4.69) is 9.88 Å². The third-order valence-electron chi connectivity index (χ3n) is 3.52. The second kappa shape index (κ2) is 4.90. The van der Waals surface area contributed by atoms with Gasteiger partial charge in [0.2, 0.25) is 5.89 Å². The van der Waals surface area contributed by atoms with Crippen molar-refractivity contribution in [3.8, 4) is 0 Å². The summed E-state index contributed by atoms with van der Waals surface area (Å²) in [5.74, 6) is 1.01. The number of carbonyl (C=O) groups excluding carboxylic acids is 1. The molecular weight excluding hydrogens is 228 g/mol. The van der Waals surface area contributed by atoms with Gasteiger partial charge in [-0.25, -0.2) is 4.98 Å². The highest BCUT2D eigenvalue weighted by molar-refractivity contribution is 5.72. The van der Waals surface area contributed by atoms with Crippen molar-refractivity contribution >= 4 is 17.4 Å². The number of benzene rings is 1. The molecule has 0 bridgehead atoms. The molecule has 1 aliphatic heterocycles. The molecule has 0 unspecified atom stereocenters. The first-order valence-corrected chi connectivity index (χ1v) is 6.37. The molecule has 1 aromatic carbocycles. The highest BCUT2D eigenvalue weighted by Gasteiger charge is 2.20. The van der Waals surface area contributed by atoms with Crippen LogP contribution >= 0.6 is 0 Å². The standard InChI is InChI=1S/C14H16N2O2/c17-10-11-5-7-16(8-6-11)9-14-15-12-3-1-2-4-13(12)18-14/h1-4,10-11H,5-9H2. The molecule has 18 heavy (non-hydrogen) atoms. The van der Waals surface area contributed by atoms with Crippen LogP contribution in [0.5, 0.6) is 0 Å². The van der Waals surface area contributed by atoms with E-state index in [0.29, 0.717) is 0 Å². The molecule has 0 saturated carbocycles. The Balaban J connectivity index is 1.67. The van der Waals surface area contributed by atoms with Crippen LogP contribution in [0.4, 0.5) is 0 Å². The third kappa shape index (κ3) is 2.29. The van der Waals surface area contributed by atoms with Crippen LogP contribution in [-0.2, 0) is 11.3 Å². The molecule has 1 aromatic heterocycles. The zero-order valence-corrected chi connectivity index (χ0v) is 10.2. The summed E-state index contributed by atoms with van der Waals surface area (Å²) >= 11 is 0. The van der Waals surface area contributed by atoms with Crippen LogP contribution in [0, 0.1) is 5.92 Å². The minimum Gasteiger partial charge on any atom is -0.439 e. The van der Waals surface area contributed by atoms with Crippen molar-refractivity contribution in [3.63, 3.8) is 0 Å². The molecule has 2 heterocycles. The van der Waals surface area contributed by atoms with Crippen LogP contribution in [0.15, 0.2) is 28.7 Å². The topological polar surface area (TPSA) is 46.3 Å². The van der Waals surface area contributed by atoms with E-state index in [-0.39, 0.29) is 5.92 Å². The Bertz CT molecular complexity index is 508. The SMILES string of the molecule is O=CC1CCN(Cc2nc3ccccc3o2)CC1. The lowest BCUT2D eigenvalue weighted by Gasteiger charge is -2.28. The summed E-state index contributed by atoms with van der Waals surface area (Å²) < 4.78 is 5.70. The van der Waals surface area contributed by atoms with Crippen LogP contribution in [0.25, 0.3) is 11.1 Å². The Morgan fingerprint density at radius 1 is 1.33 bits per heavy atom. The first kappa shape index (κ1) is 11.4. The summed E-state index contributed by atoms with van der Waals surface area (Å²) in [6, 6.07) is 7.81. The van der Waals surface area contributed by atoms with Gasteiger partial charge in [0.05, 0.1) is 6.54 Å². The number of aldehydes is 1. The number of aromatic nitrogens is 1. The monoisotopic (exact) mass is 244 g/mol. The molecule has 0 aliphatic carbocycles. The lowest BCUT2D eigenvalue weighted by Crippen LogP contribution is -2.33. The van der Waals surface area contributed by atoms with E-state index < -0.39 is 0 Å². The zero-order valence-electron chi connectivity index (χ0n) is 10.2. The fourth-order valence-electron chi connectivity index (χ4n) is 2.43. The number of nitrogens with zero attached hydrogens (tertiary/aromatic N) is 2. The lowest BCUT2D eigenvalue weighted by atomic mass is 9.99. The van der Waals surface area contributed by atoms with Crippen LogP contribution in [0.2, 0.25) is 0 Å². The summed E-state index contributed by atoms with van der Waals surface area (Å²) in [7, 11) is 0. The van der Waals surface area contributed by atoms with Crippen LogP contribution in [0.3, 0.4) is 0 Å². The maximum absolute atomic E-state index is 10.7. The highest BCUT2D eigenvalue weighted by Crippen LogP contribution is 2.19. The molecule has 1 fully saturated rings. The zero-order chi connectivity index (χ0) is 12.4. The predicted octanol–water partition coefficient (Wildman–Crippen LogP) is 2.24. The van der Waals surface area contributed by atoms with Crippen LogP contribution in [-0.4, -0.2) is 29.3 Å². The third-order valence-corrected chi connectivity index (χ3v) is 3.52. The summed E-state index contributed by atoms with van der Waals surface area (Å²) in [5.41, 5.74) is 1.76. The number of likely N-dealkylation sites (tertiary alicyclic amines) is 1. The summed E-state index contributed by atoms with van der Waals surface area (Å²) in [6.45, 7) is 2.63. The van der Waals surface area contributed by atoms with Crippen molar-refractivity contribution < 1.29 is 9.21 Å². The maximum atomic E-state index is 10.7. The second-order valence-corrected chi connectivity index (χ2v) is 4.82. The predicted molar refractivity (Wildman–Crippen MR) is 68.1 cm³/mol. The Kier molecular flexibility index (Phi) is 3.11. The maximum Gasteiger partial charge on any atom is 0.209 e. The van der Waals surface area contributed by atoms with E-state index in [0.717, 1.165) is 55.8 Å². The van der Waals surface area contributed by atoms with Gasteiger partial charge in [0.1, 0.15) is 11.8 Å². The van der Waals surface area contributed by atoms with Gasteiger partial charge in [-0.05, 0) is 38.1 Å². The normalized spacial score (nSPS) is 18.2. The van der Waals surface area contributed by atoms with Gasteiger partial charge in [-0.15, -0.1) is 0 Å². The molecular formula is C14H16N2O2. The molecule has 0 spiro atoms. The molecule has 0 atom stereocenters. The van der Waals surface area contributed by atoms with Crippen molar-refractivity contribution in [3.05, 3.63) is 30.2 Å². The van der Waals surface area contributed by atoms with Gasteiger partial charge in [-0.2, -0.15) is 0 Å². The molecule has 1 aliphatic rings. The number of fused-ring (bicyclic) bond motifs is 1. The highest BCUT2D eigenvalue weighted by atomic mass is 16.3. The minimum atomic E-state index is 0.241. The van der Waals surface area contributed by atoms with Gasteiger partial charge in [0.15, 0.2) is 5.58 Å². The summed E-state index contributed by atoms with van der Waals surface area (Å²) in [6.07, 6.45) is 2.98. The average molecular weight is 244 g/mol. The quantitative estimate of drug-likeness (QED) is 0.777. The molecule has 94 valence electrons. The van der Waals surface area contributed by atoms with Crippen molar-refractivity contribution in [2.24, 2.45) is 5.92 Å². The molecule has 1 saturated heterocycles. The summed E-state index contributed by atoms with van der Waals surface area (Å²) in [5, 5.41) is 0. The van der Waals surface area contributed by atoms with Crippen molar-refractivity contribution in [1.82, 2.24) is 9.88 Å². The first-order chi connectivity index (χ1) is 8.85. The largest absolute Gasteiger partial charge is 0.439 e. The lowest BCUT2D eigenvalue weighted by molar-refractivity contribution is -0.112. The number of rotatable bonds is 3. The van der Waals surface area contributed by atoms with E-state index in [1.54, 1.807) is 0 Å². The number of hydrogen-bond donors (Lipinski definition) is 0. The molecule has 0 N–H and O–H groups in total. The van der Waals surface area contributed by atoms with Crippen LogP contribution < -0.4 is 0 Å². The van der Waals surface area contributed by atoms with E-state index in [9.17, 15) is 4.79 Å². The molecule has 0 radical (unpaired) electrons. The van der Waals surface area contributed by atoms with E-state index in [1.165, 1.54) is 0 Å². The van der Waals surface area contributed by atoms with Crippen molar-refractivity contribution in [2.45, 2.75) is 19.4 Å². The van der Waals surface area contributed by atoms with Gasteiger partial charge in [0, 0.05) is 5.92 Å². The smallest absolute Gasteiger partial charge is 0.209 e. The van der Waals surface area contributed by atoms with Gasteiger partial charge >= 0.3 is 0 Å². The van der Waals surface area contributed by atoms with Gasteiger partial charge in [-0.1, -0.05) is 12.1 Å². The van der Waals surface area contributed by atoms with E-state index in [4.69, 9.17) is 4.42 Å². The molecule has 4 heteroatoms. The van der Waals surface area contributed by atoms with Gasteiger partial charge in [-0.3, -0.25) is 4.90 Å². The first-order valence-electron chi connectivity index (χ1n) is 6.37. The number of carbonyl (C=O) groups is 1. The Hall–Kier alpha value is -1.68. The summed E-state index contributed by atoms with van der Waals surface area (Å²) in [4.78, 5) is 17.5. The fourth-order valence-corrected chi connectivity index (χ4v) is 2.43. The molecule has 4 nitrogen and oxygen atoms in total. The second-order valence-electron chi connectivity index (χ2n) is 4.82.